The number of hydrogen-bond acceptors (Lipinski definition) is 3. The van der Waals surface area contributed by atoms with Gasteiger partial charge in [0.25, 0.3) is 0 Å². The molecule has 0 saturated heterocycles. The minimum atomic E-state index is -0.277. The fourth-order valence-electron chi connectivity index (χ4n) is 2.93. The molecular formula is C20H18O3. The number of ether oxygens (including phenoxy) is 1. The van der Waals surface area contributed by atoms with Crippen molar-refractivity contribution in [2.24, 2.45) is 0 Å². The highest BCUT2D eigenvalue weighted by atomic mass is 16.5. The Morgan fingerprint density at radius 3 is 2.00 bits per heavy atom. The Labute approximate surface area is 134 Å². The summed E-state index contributed by atoms with van der Waals surface area (Å²) in [5.74, 6) is -0.206. The molecule has 0 N–H and O–H groups in total. The second-order valence-corrected chi connectivity index (χ2v) is 5.55. The van der Waals surface area contributed by atoms with Crippen molar-refractivity contribution < 1.29 is 14.3 Å². The molecule has 0 bridgehead atoms. The predicted molar refractivity (Wildman–Crippen MR) is 91.7 cm³/mol. The lowest BCUT2D eigenvalue weighted by atomic mass is 9.92. The number of rotatable bonds is 5. The van der Waals surface area contributed by atoms with Crippen molar-refractivity contribution in [1.82, 2.24) is 0 Å². The Kier molecular flexibility index (Phi) is 4.38. The Morgan fingerprint density at radius 1 is 0.870 bits per heavy atom. The highest BCUT2D eigenvalue weighted by Crippen LogP contribution is 2.29. The third-order valence-corrected chi connectivity index (χ3v) is 4.06. The zero-order valence-electron chi connectivity index (χ0n) is 13.0. The van der Waals surface area contributed by atoms with E-state index in [0.29, 0.717) is 12.8 Å². The van der Waals surface area contributed by atoms with Crippen LogP contribution in [0.5, 0.6) is 0 Å². The molecule has 0 aliphatic carbocycles. The van der Waals surface area contributed by atoms with E-state index in [9.17, 15) is 9.59 Å². The van der Waals surface area contributed by atoms with E-state index in [4.69, 9.17) is 0 Å². The zero-order valence-corrected chi connectivity index (χ0v) is 13.0. The number of Topliss-reactive ketones (excluding diaryl/α,β-unsaturated/α-hetero) is 1. The Bertz CT molecular complexity index is 826. The van der Waals surface area contributed by atoms with Gasteiger partial charge >= 0.3 is 5.97 Å². The molecule has 0 amide bonds. The summed E-state index contributed by atoms with van der Waals surface area (Å²) < 4.78 is 4.63. The second-order valence-electron chi connectivity index (χ2n) is 5.55. The highest BCUT2D eigenvalue weighted by molar-refractivity contribution is 6.18. The van der Waals surface area contributed by atoms with Crippen LogP contribution in [0.1, 0.15) is 29.6 Å². The molecule has 3 nitrogen and oxygen atoms in total. The number of carbonyl (C=O) groups is 2. The molecule has 0 aromatic heterocycles. The van der Waals surface area contributed by atoms with Gasteiger partial charge in [-0.25, -0.2) is 0 Å². The van der Waals surface area contributed by atoms with Gasteiger partial charge in [-0.2, -0.15) is 0 Å². The highest BCUT2D eigenvalue weighted by Gasteiger charge is 2.15. The molecule has 0 atom stereocenters. The first-order chi connectivity index (χ1) is 11.2. The summed E-state index contributed by atoms with van der Waals surface area (Å²) in [6, 6.07) is 18.0. The van der Waals surface area contributed by atoms with Crippen molar-refractivity contribution in [2.75, 3.05) is 7.11 Å². The number of esters is 1. The summed E-state index contributed by atoms with van der Waals surface area (Å²) in [5, 5.41) is 4.05. The lowest BCUT2D eigenvalue weighted by Crippen LogP contribution is -2.05. The molecule has 116 valence electrons. The van der Waals surface area contributed by atoms with E-state index < -0.39 is 0 Å². The molecule has 0 radical (unpaired) electrons. The van der Waals surface area contributed by atoms with Crippen LogP contribution in [-0.4, -0.2) is 18.9 Å². The van der Waals surface area contributed by atoms with Crippen molar-refractivity contribution in [2.45, 2.75) is 19.3 Å². The fraction of sp³-hybridized carbons (Fsp3) is 0.200. The van der Waals surface area contributed by atoms with E-state index in [-0.39, 0.29) is 18.2 Å². The van der Waals surface area contributed by atoms with E-state index in [1.807, 2.05) is 48.5 Å². The fourth-order valence-corrected chi connectivity index (χ4v) is 2.93. The molecule has 0 aliphatic heterocycles. The van der Waals surface area contributed by atoms with Crippen molar-refractivity contribution in [3.8, 4) is 0 Å². The van der Waals surface area contributed by atoms with Gasteiger partial charge in [-0.15, -0.1) is 0 Å². The largest absolute Gasteiger partial charge is 0.469 e. The molecule has 23 heavy (non-hydrogen) atoms. The summed E-state index contributed by atoms with van der Waals surface area (Å²) in [7, 11) is 1.36. The maximum absolute atomic E-state index is 12.8. The number of ketones is 1. The number of methoxy groups -OCH3 is 1. The topological polar surface area (TPSA) is 43.4 Å². The van der Waals surface area contributed by atoms with Gasteiger partial charge in [0, 0.05) is 18.4 Å². The van der Waals surface area contributed by atoms with Gasteiger partial charge in [0.05, 0.1) is 7.11 Å². The standard InChI is InChI=1S/C20H18O3/c1-23-19(22)12-6-11-18(21)20-16-9-4-2-7-14(16)13-15-8-3-5-10-17(15)20/h2-5,7-10,13H,6,11-12H2,1H3. The van der Waals surface area contributed by atoms with Crippen LogP contribution in [0.4, 0.5) is 0 Å². The maximum Gasteiger partial charge on any atom is 0.305 e. The van der Waals surface area contributed by atoms with Crippen LogP contribution in [0.25, 0.3) is 21.5 Å². The van der Waals surface area contributed by atoms with E-state index in [0.717, 1.165) is 27.1 Å². The third kappa shape index (κ3) is 3.09. The molecule has 3 rings (SSSR count). The zero-order chi connectivity index (χ0) is 16.2. The normalized spacial score (nSPS) is 10.8. The molecular weight excluding hydrogens is 288 g/mol. The first-order valence-electron chi connectivity index (χ1n) is 7.71. The van der Waals surface area contributed by atoms with Crippen LogP contribution >= 0.6 is 0 Å². The summed E-state index contributed by atoms with van der Waals surface area (Å²) >= 11 is 0. The third-order valence-electron chi connectivity index (χ3n) is 4.06. The monoisotopic (exact) mass is 306 g/mol. The van der Waals surface area contributed by atoms with Crippen molar-refractivity contribution in [3.05, 3.63) is 60.2 Å². The van der Waals surface area contributed by atoms with Crippen LogP contribution in [0.3, 0.4) is 0 Å². The van der Waals surface area contributed by atoms with Gasteiger partial charge < -0.3 is 4.74 Å². The van der Waals surface area contributed by atoms with Gasteiger partial charge in [0.1, 0.15) is 0 Å². The van der Waals surface area contributed by atoms with Crippen molar-refractivity contribution in [3.63, 3.8) is 0 Å². The Balaban J connectivity index is 2.02. The van der Waals surface area contributed by atoms with Gasteiger partial charge in [-0.1, -0.05) is 48.5 Å². The number of carbonyl (C=O) groups excluding carboxylic acids is 2. The van der Waals surface area contributed by atoms with Crippen LogP contribution < -0.4 is 0 Å². The second kappa shape index (κ2) is 6.61. The van der Waals surface area contributed by atoms with Crippen molar-refractivity contribution >= 4 is 33.3 Å². The minimum absolute atomic E-state index is 0.0712. The molecule has 3 aromatic rings. The van der Waals surface area contributed by atoms with Gasteiger partial charge in [-0.3, -0.25) is 9.59 Å². The summed E-state index contributed by atoms with van der Waals surface area (Å²) in [6.45, 7) is 0. The van der Waals surface area contributed by atoms with Crippen molar-refractivity contribution in [1.29, 1.82) is 0 Å². The van der Waals surface area contributed by atoms with E-state index in [1.165, 1.54) is 7.11 Å². The molecule has 0 fully saturated rings. The lowest BCUT2D eigenvalue weighted by Gasteiger charge is -2.10. The molecule has 0 aliphatic rings. The van der Waals surface area contributed by atoms with Gasteiger partial charge in [0.2, 0.25) is 0 Å². The number of fused-ring (bicyclic) bond motifs is 2. The average molecular weight is 306 g/mol. The van der Waals surface area contributed by atoms with Crippen LogP contribution in [0, 0.1) is 0 Å². The van der Waals surface area contributed by atoms with Crippen LogP contribution in [-0.2, 0) is 9.53 Å². The number of benzene rings is 3. The predicted octanol–water partition coefficient (Wildman–Crippen LogP) is 4.52. The van der Waals surface area contributed by atoms with E-state index >= 15 is 0 Å². The quantitative estimate of drug-likeness (QED) is 0.395. The summed E-state index contributed by atoms with van der Waals surface area (Å²) in [4.78, 5) is 24.0. The van der Waals surface area contributed by atoms with Crippen LogP contribution in [0.15, 0.2) is 54.6 Å². The number of hydrogen-bond donors (Lipinski definition) is 0. The smallest absolute Gasteiger partial charge is 0.305 e. The maximum atomic E-state index is 12.8. The average Bonchev–Trinajstić information content (AvgIpc) is 2.59. The Morgan fingerprint density at radius 2 is 1.43 bits per heavy atom. The van der Waals surface area contributed by atoms with Crippen LogP contribution in [0.2, 0.25) is 0 Å². The minimum Gasteiger partial charge on any atom is -0.469 e. The first-order valence-corrected chi connectivity index (χ1v) is 7.71. The Hall–Kier alpha value is -2.68. The van der Waals surface area contributed by atoms with E-state index in [1.54, 1.807) is 0 Å². The molecule has 3 heteroatoms. The molecule has 3 aromatic carbocycles. The molecule has 0 spiro atoms. The molecule has 0 unspecified atom stereocenters. The summed E-state index contributed by atoms with van der Waals surface area (Å²) in [5.41, 5.74) is 0.753. The molecule has 0 saturated carbocycles. The van der Waals surface area contributed by atoms with Gasteiger partial charge in [0.15, 0.2) is 5.78 Å². The first kappa shape index (κ1) is 15.2. The SMILES string of the molecule is COC(=O)CCCC(=O)c1c2ccccc2cc2ccccc12. The van der Waals surface area contributed by atoms with Gasteiger partial charge in [-0.05, 0) is 34.0 Å². The summed E-state index contributed by atoms with van der Waals surface area (Å²) in [6.07, 6.45) is 1.11. The lowest BCUT2D eigenvalue weighted by molar-refractivity contribution is -0.140. The van der Waals surface area contributed by atoms with E-state index in [2.05, 4.69) is 10.8 Å². The molecule has 0 heterocycles.